The molecule has 22 heavy (non-hydrogen) atoms. The lowest BCUT2D eigenvalue weighted by Crippen LogP contribution is -2.40. The number of hydrogen-bond donors (Lipinski definition) is 2. The van der Waals surface area contributed by atoms with Crippen LogP contribution in [0.1, 0.15) is 31.5 Å². The SMILES string of the molecule is CN(CCc1nc2ccccc2c(=O)[nH]1)CC1(O)CCCC1. The van der Waals surface area contributed by atoms with E-state index in [0.717, 1.165) is 37.7 Å². The van der Waals surface area contributed by atoms with Crippen molar-refractivity contribution in [3.63, 3.8) is 0 Å². The Morgan fingerprint density at radius 3 is 2.82 bits per heavy atom. The van der Waals surface area contributed by atoms with Gasteiger partial charge in [-0.15, -0.1) is 0 Å². The highest BCUT2D eigenvalue weighted by molar-refractivity contribution is 5.77. The summed E-state index contributed by atoms with van der Waals surface area (Å²) in [5.74, 6) is 0.703. The first-order chi connectivity index (χ1) is 10.6. The van der Waals surface area contributed by atoms with E-state index in [2.05, 4.69) is 14.9 Å². The summed E-state index contributed by atoms with van der Waals surface area (Å²) < 4.78 is 0. The summed E-state index contributed by atoms with van der Waals surface area (Å²) in [5, 5.41) is 11.1. The van der Waals surface area contributed by atoms with Crippen LogP contribution >= 0.6 is 0 Å². The van der Waals surface area contributed by atoms with E-state index in [0.29, 0.717) is 24.2 Å². The molecule has 118 valence electrons. The molecule has 3 rings (SSSR count). The Labute approximate surface area is 130 Å². The number of aromatic amines is 1. The van der Waals surface area contributed by atoms with E-state index in [9.17, 15) is 9.90 Å². The normalized spacial score (nSPS) is 17.4. The van der Waals surface area contributed by atoms with Crippen LogP contribution < -0.4 is 5.56 Å². The zero-order valence-electron chi connectivity index (χ0n) is 13.0. The summed E-state index contributed by atoms with van der Waals surface area (Å²) in [6.07, 6.45) is 4.69. The maximum atomic E-state index is 12.0. The van der Waals surface area contributed by atoms with Crippen LogP contribution in [-0.2, 0) is 6.42 Å². The lowest BCUT2D eigenvalue weighted by Gasteiger charge is -2.28. The van der Waals surface area contributed by atoms with Gasteiger partial charge in [0.2, 0.25) is 0 Å². The molecule has 0 radical (unpaired) electrons. The topological polar surface area (TPSA) is 69.2 Å². The van der Waals surface area contributed by atoms with Crippen LogP contribution in [0.4, 0.5) is 0 Å². The molecule has 0 unspecified atom stereocenters. The van der Waals surface area contributed by atoms with Gasteiger partial charge >= 0.3 is 0 Å². The minimum Gasteiger partial charge on any atom is -0.389 e. The van der Waals surface area contributed by atoms with Crippen LogP contribution in [0.2, 0.25) is 0 Å². The second kappa shape index (κ2) is 6.18. The molecule has 0 saturated heterocycles. The van der Waals surface area contributed by atoms with Crippen LogP contribution in [0.3, 0.4) is 0 Å². The third kappa shape index (κ3) is 3.36. The minimum absolute atomic E-state index is 0.0855. The zero-order chi connectivity index (χ0) is 15.6. The number of likely N-dealkylation sites (N-methyl/N-ethyl adjacent to an activating group) is 1. The number of nitrogens with zero attached hydrogens (tertiary/aromatic N) is 2. The number of nitrogens with one attached hydrogen (secondary N) is 1. The summed E-state index contributed by atoms with van der Waals surface area (Å²) in [6, 6.07) is 7.38. The third-order valence-corrected chi connectivity index (χ3v) is 4.49. The molecule has 5 nitrogen and oxygen atoms in total. The molecule has 2 N–H and O–H groups in total. The van der Waals surface area contributed by atoms with Gasteiger partial charge in [0, 0.05) is 19.5 Å². The van der Waals surface area contributed by atoms with Gasteiger partial charge in [-0.25, -0.2) is 4.98 Å². The molecule has 1 fully saturated rings. The fourth-order valence-electron chi connectivity index (χ4n) is 3.32. The van der Waals surface area contributed by atoms with Gasteiger partial charge < -0.3 is 15.0 Å². The first-order valence-corrected chi connectivity index (χ1v) is 7.95. The smallest absolute Gasteiger partial charge is 0.258 e. The molecule has 0 spiro atoms. The molecule has 0 atom stereocenters. The fraction of sp³-hybridized carbons (Fsp3) is 0.529. The molecule has 0 amide bonds. The van der Waals surface area contributed by atoms with Crippen molar-refractivity contribution >= 4 is 10.9 Å². The van der Waals surface area contributed by atoms with Crippen molar-refractivity contribution in [1.82, 2.24) is 14.9 Å². The second-order valence-corrected chi connectivity index (χ2v) is 6.45. The molecule has 5 heteroatoms. The van der Waals surface area contributed by atoms with Crippen LogP contribution in [0.5, 0.6) is 0 Å². The molecular weight excluding hydrogens is 278 g/mol. The largest absolute Gasteiger partial charge is 0.389 e. The van der Waals surface area contributed by atoms with Gasteiger partial charge in [-0.1, -0.05) is 25.0 Å². The predicted octanol–water partition coefficient (Wildman–Crippen LogP) is 1.70. The summed E-state index contributed by atoms with van der Waals surface area (Å²) in [4.78, 5) is 21.5. The summed E-state index contributed by atoms with van der Waals surface area (Å²) in [7, 11) is 2.01. The van der Waals surface area contributed by atoms with Crippen LogP contribution in [0, 0.1) is 0 Å². The Kier molecular flexibility index (Phi) is 4.27. The van der Waals surface area contributed by atoms with Crippen LogP contribution in [0.15, 0.2) is 29.1 Å². The number of benzene rings is 1. The molecule has 1 saturated carbocycles. The lowest BCUT2D eigenvalue weighted by molar-refractivity contribution is 0.0166. The van der Waals surface area contributed by atoms with Gasteiger partial charge in [0.05, 0.1) is 16.5 Å². The molecule has 1 aliphatic rings. The Hall–Kier alpha value is -1.72. The van der Waals surface area contributed by atoms with Crippen molar-refractivity contribution in [1.29, 1.82) is 0 Å². The molecule has 0 bridgehead atoms. The van der Waals surface area contributed by atoms with Crippen LogP contribution in [-0.4, -0.2) is 45.7 Å². The monoisotopic (exact) mass is 301 g/mol. The van der Waals surface area contributed by atoms with Gasteiger partial charge in [-0.05, 0) is 32.0 Å². The Bertz CT molecular complexity index is 704. The highest BCUT2D eigenvalue weighted by Crippen LogP contribution is 2.29. The van der Waals surface area contributed by atoms with Crippen molar-refractivity contribution in [2.75, 3.05) is 20.1 Å². The first-order valence-electron chi connectivity index (χ1n) is 7.95. The summed E-state index contributed by atoms with van der Waals surface area (Å²) >= 11 is 0. The van der Waals surface area contributed by atoms with E-state index < -0.39 is 5.60 Å². The van der Waals surface area contributed by atoms with E-state index in [1.165, 1.54) is 0 Å². The minimum atomic E-state index is -0.529. The van der Waals surface area contributed by atoms with Crippen molar-refractivity contribution in [3.8, 4) is 0 Å². The van der Waals surface area contributed by atoms with E-state index in [1.807, 2.05) is 25.2 Å². The molecule has 0 aliphatic heterocycles. The molecule has 1 aromatic heterocycles. The Balaban J connectivity index is 1.65. The van der Waals surface area contributed by atoms with Crippen molar-refractivity contribution in [3.05, 3.63) is 40.4 Å². The van der Waals surface area contributed by atoms with Gasteiger partial charge in [0.1, 0.15) is 5.82 Å². The lowest BCUT2D eigenvalue weighted by atomic mass is 10.0. The molecule has 1 aromatic carbocycles. The van der Waals surface area contributed by atoms with Gasteiger partial charge in [-0.3, -0.25) is 4.79 Å². The van der Waals surface area contributed by atoms with Crippen LogP contribution in [0.25, 0.3) is 10.9 Å². The maximum Gasteiger partial charge on any atom is 0.258 e. The van der Waals surface area contributed by atoms with E-state index in [4.69, 9.17) is 0 Å². The maximum absolute atomic E-state index is 12.0. The number of fused-ring (bicyclic) bond motifs is 1. The summed E-state index contributed by atoms with van der Waals surface area (Å²) in [6.45, 7) is 1.45. The molecular formula is C17H23N3O2. The number of aliphatic hydroxyl groups is 1. The highest BCUT2D eigenvalue weighted by Gasteiger charge is 2.31. The molecule has 2 aromatic rings. The van der Waals surface area contributed by atoms with E-state index in [-0.39, 0.29) is 5.56 Å². The predicted molar refractivity (Wildman–Crippen MR) is 87.0 cm³/mol. The quantitative estimate of drug-likeness (QED) is 0.882. The van der Waals surface area contributed by atoms with Gasteiger partial charge in [0.25, 0.3) is 5.56 Å². The van der Waals surface area contributed by atoms with E-state index in [1.54, 1.807) is 6.07 Å². The van der Waals surface area contributed by atoms with E-state index >= 15 is 0 Å². The van der Waals surface area contributed by atoms with Crippen molar-refractivity contribution in [2.45, 2.75) is 37.7 Å². The standard InChI is InChI=1S/C17H23N3O2/c1-20(12-17(22)9-4-5-10-17)11-8-15-18-14-7-3-2-6-13(14)16(21)19-15/h2-3,6-7,22H,4-5,8-12H2,1H3,(H,18,19,21). The Morgan fingerprint density at radius 2 is 2.05 bits per heavy atom. The average Bonchev–Trinajstić information content (AvgIpc) is 2.91. The van der Waals surface area contributed by atoms with Crippen molar-refractivity contribution < 1.29 is 5.11 Å². The first kappa shape index (κ1) is 15.2. The number of aromatic nitrogens is 2. The third-order valence-electron chi connectivity index (χ3n) is 4.49. The molecule has 1 aliphatic carbocycles. The number of para-hydroxylation sites is 1. The molecule has 1 heterocycles. The summed E-state index contributed by atoms with van der Waals surface area (Å²) in [5.41, 5.74) is 0.120. The fourth-order valence-corrected chi connectivity index (χ4v) is 3.32. The van der Waals surface area contributed by atoms with Crippen molar-refractivity contribution in [2.24, 2.45) is 0 Å². The zero-order valence-corrected chi connectivity index (χ0v) is 13.0. The highest BCUT2D eigenvalue weighted by atomic mass is 16.3. The van der Waals surface area contributed by atoms with Gasteiger partial charge in [0.15, 0.2) is 0 Å². The number of rotatable bonds is 5. The Morgan fingerprint density at radius 1 is 1.32 bits per heavy atom. The average molecular weight is 301 g/mol. The number of hydrogen-bond acceptors (Lipinski definition) is 4. The number of H-pyrrole nitrogens is 1. The second-order valence-electron chi connectivity index (χ2n) is 6.45. The van der Waals surface area contributed by atoms with Gasteiger partial charge in [-0.2, -0.15) is 0 Å².